The van der Waals surface area contributed by atoms with Crippen molar-refractivity contribution in [3.05, 3.63) is 110 Å². The summed E-state index contributed by atoms with van der Waals surface area (Å²) in [7, 11) is 0. The summed E-state index contributed by atoms with van der Waals surface area (Å²) < 4.78 is 7.83. The Bertz CT molecular complexity index is 1390. The molecule has 162 valence electrons. The second kappa shape index (κ2) is 10.6. The van der Waals surface area contributed by atoms with Crippen LogP contribution < -0.4 is 10.1 Å². The molecule has 0 saturated heterocycles. The SMILES string of the molecule is N#C/C(=C/c1ccc(OCc2ccc3ccccc3c2)c(I)c1)C(=O)Nc1ccc(Br)cc1. The fourth-order valence-electron chi connectivity index (χ4n) is 3.26. The average Bonchev–Trinajstić information content (AvgIpc) is 2.83. The quantitative estimate of drug-likeness (QED) is 0.142. The molecule has 1 N–H and O–H groups in total. The maximum absolute atomic E-state index is 12.5. The molecule has 33 heavy (non-hydrogen) atoms. The van der Waals surface area contributed by atoms with E-state index in [0.29, 0.717) is 12.3 Å². The molecule has 0 fully saturated rings. The lowest BCUT2D eigenvalue weighted by Crippen LogP contribution is -2.13. The Hall–Kier alpha value is -3.15. The lowest BCUT2D eigenvalue weighted by molar-refractivity contribution is -0.112. The van der Waals surface area contributed by atoms with E-state index < -0.39 is 5.91 Å². The predicted molar refractivity (Wildman–Crippen MR) is 144 cm³/mol. The minimum atomic E-state index is -0.452. The van der Waals surface area contributed by atoms with Gasteiger partial charge in [0, 0.05) is 10.2 Å². The number of nitrogens with one attached hydrogen (secondary N) is 1. The highest BCUT2D eigenvalue weighted by molar-refractivity contribution is 14.1. The first-order chi connectivity index (χ1) is 16.0. The van der Waals surface area contributed by atoms with Crippen LogP contribution in [0.1, 0.15) is 11.1 Å². The smallest absolute Gasteiger partial charge is 0.266 e. The van der Waals surface area contributed by atoms with Crippen LogP contribution in [-0.4, -0.2) is 5.91 Å². The first-order valence-electron chi connectivity index (χ1n) is 10.1. The molecule has 0 bridgehead atoms. The van der Waals surface area contributed by atoms with Crippen molar-refractivity contribution in [3.63, 3.8) is 0 Å². The van der Waals surface area contributed by atoms with Crippen LogP contribution in [0.5, 0.6) is 5.75 Å². The molecule has 0 aliphatic rings. The Morgan fingerprint density at radius 3 is 2.48 bits per heavy atom. The maximum atomic E-state index is 12.5. The first kappa shape index (κ1) is 23.0. The number of benzene rings is 4. The molecule has 6 heteroatoms. The number of ether oxygens (including phenoxy) is 1. The molecule has 4 nitrogen and oxygen atoms in total. The Morgan fingerprint density at radius 1 is 1.00 bits per heavy atom. The molecule has 4 rings (SSSR count). The number of anilines is 1. The Labute approximate surface area is 214 Å². The van der Waals surface area contributed by atoms with Gasteiger partial charge in [0.2, 0.25) is 0 Å². The van der Waals surface area contributed by atoms with Gasteiger partial charge in [-0.3, -0.25) is 4.79 Å². The van der Waals surface area contributed by atoms with E-state index in [2.05, 4.69) is 74.2 Å². The number of nitrogens with zero attached hydrogens (tertiary/aromatic N) is 1. The van der Waals surface area contributed by atoms with Crippen molar-refractivity contribution in [1.82, 2.24) is 0 Å². The van der Waals surface area contributed by atoms with Gasteiger partial charge in [-0.15, -0.1) is 0 Å². The molecule has 4 aromatic carbocycles. The van der Waals surface area contributed by atoms with Crippen LogP contribution in [0.15, 0.2) is 95.0 Å². The minimum absolute atomic E-state index is 0.0264. The summed E-state index contributed by atoms with van der Waals surface area (Å²) >= 11 is 5.56. The van der Waals surface area contributed by atoms with E-state index in [1.165, 1.54) is 10.8 Å². The number of rotatable bonds is 6. The van der Waals surface area contributed by atoms with Crippen LogP contribution in [-0.2, 0) is 11.4 Å². The first-order valence-corrected chi connectivity index (χ1v) is 12.0. The number of halogens is 2. The van der Waals surface area contributed by atoms with Crippen molar-refractivity contribution < 1.29 is 9.53 Å². The monoisotopic (exact) mass is 608 g/mol. The van der Waals surface area contributed by atoms with Crippen molar-refractivity contribution >= 4 is 67.0 Å². The number of hydrogen-bond acceptors (Lipinski definition) is 3. The van der Waals surface area contributed by atoms with E-state index in [9.17, 15) is 10.1 Å². The van der Waals surface area contributed by atoms with Crippen molar-refractivity contribution in [3.8, 4) is 11.8 Å². The van der Waals surface area contributed by atoms with Gasteiger partial charge in [-0.05, 0) is 93.0 Å². The van der Waals surface area contributed by atoms with Crippen LogP contribution in [0.25, 0.3) is 16.8 Å². The predicted octanol–water partition coefficient (Wildman–Crippen LogP) is 7.33. The van der Waals surface area contributed by atoms with Gasteiger partial charge in [0.05, 0.1) is 3.57 Å². The summed E-state index contributed by atoms with van der Waals surface area (Å²) in [6, 6.07) is 29.3. The largest absolute Gasteiger partial charge is 0.488 e. The van der Waals surface area contributed by atoms with Crippen molar-refractivity contribution in [2.45, 2.75) is 6.61 Å². The van der Waals surface area contributed by atoms with Crippen LogP contribution in [0.2, 0.25) is 0 Å². The normalized spacial score (nSPS) is 11.1. The summed E-state index contributed by atoms with van der Waals surface area (Å²) in [5, 5.41) is 14.6. The molecule has 0 spiro atoms. The molecule has 1 amide bonds. The Morgan fingerprint density at radius 2 is 1.76 bits per heavy atom. The average molecular weight is 609 g/mol. The van der Waals surface area contributed by atoms with Crippen LogP contribution in [0.3, 0.4) is 0 Å². The van der Waals surface area contributed by atoms with E-state index in [0.717, 1.165) is 24.9 Å². The molecular formula is C27H18BrIN2O2. The standard InChI is InChI=1S/C27H18BrIN2O2/c28-23-8-10-24(11-9-23)31-27(32)22(16-30)13-18-6-12-26(25(29)15-18)33-17-19-5-7-20-3-1-2-4-21(20)14-19/h1-15H,17H2,(H,31,32)/b22-13-. The number of amides is 1. The summed E-state index contributed by atoms with van der Waals surface area (Å²) in [6.45, 7) is 0.453. The number of carbonyl (C=O) groups excluding carboxylic acids is 1. The fourth-order valence-corrected chi connectivity index (χ4v) is 4.22. The number of fused-ring (bicyclic) bond motifs is 1. The van der Waals surface area contributed by atoms with Gasteiger partial charge in [0.15, 0.2) is 0 Å². The second-order valence-electron chi connectivity index (χ2n) is 7.29. The molecular weight excluding hydrogens is 591 g/mol. The third-order valence-corrected chi connectivity index (χ3v) is 6.31. The molecule has 0 aromatic heterocycles. The highest BCUT2D eigenvalue weighted by Gasteiger charge is 2.11. The Balaban J connectivity index is 1.45. The lowest BCUT2D eigenvalue weighted by atomic mass is 10.1. The maximum Gasteiger partial charge on any atom is 0.266 e. The third-order valence-electron chi connectivity index (χ3n) is 4.94. The zero-order chi connectivity index (χ0) is 23.2. The van der Waals surface area contributed by atoms with Crippen LogP contribution >= 0.6 is 38.5 Å². The third kappa shape index (κ3) is 6.01. The van der Waals surface area contributed by atoms with Gasteiger partial charge in [0.1, 0.15) is 24.0 Å². The molecule has 4 aromatic rings. The highest BCUT2D eigenvalue weighted by atomic mass is 127. The van der Waals surface area contributed by atoms with Gasteiger partial charge < -0.3 is 10.1 Å². The van der Waals surface area contributed by atoms with Gasteiger partial charge in [0.25, 0.3) is 5.91 Å². The van der Waals surface area contributed by atoms with E-state index in [4.69, 9.17) is 4.74 Å². The topological polar surface area (TPSA) is 62.1 Å². The number of carbonyl (C=O) groups is 1. The van der Waals surface area contributed by atoms with Gasteiger partial charge >= 0.3 is 0 Å². The second-order valence-corrected chi connectivity index (χ2v) is 9.37. The zero-order valence-corrected chi connectivity index (χ0v) is 21.1. The molecule has 0 radical (unpaired) electrons. The van der Waals surface area contributed by atoms with Crippen LogP contribution in [0.4, 0.5) is 5.69 Å². The number of hydrogen-bond donors (Lipinski definition) is 1. The van der Waals surface area contributed by atoms with Gasteiger partial charge in [-0.1, -0.05) is 58.4 Å². The Kier molecular flexibility index (Phi) is 7.43. The van der Waals surface area contributed by atoms with E-state index in [1.807, 2.05) is 48.5 Å². The number of nitriles is 1. The van der Waals surface area contributed by atoms with Crippen LogP contribution in [0, 0.1) is 14.9 Å². The van der Waals surface area contributed by atoms with Gasteiger partial charge in [-0.2, -0.15) is 5.26 Å². The zero-order valence-electron chi connectivity index (χ0n) is 17.4. The molecule has 0 aliphatic carbocycles. The highest BCUT2D eigenvalue weighted by Crippen LogP contribution is 2.25. The van der Waals surface area contributed by atoms with Crippen molar-refractivity contribution in [2.75, 3.05) is 5.32 Å². The summed E-state index contributed by atoms with van der Waals surface area (Å²) in [5.41, 5.74) is 2.49. The van der Waals surface area contributed by atoms with E-state index >= 15 is 0 Å². The summed E-state index contributed by atoms with van der Waals surface area (Å²) in [5.74, 6) is 0.296. The van der Waals surface area contributed by atoms with E-state index in [-0.39, 0.29) is 5.57 Å². The lowest BCUT2D eigenvalue weighted by Gasteiger charge is -2.10. The minimum Gasteiger partial charge on any atom is -0.488 e. The van der Waals surface area contributed by atoms with Crippen molar-refractivity contribution in [2.24, 2.45) is 0 Å². The molecule has 0 atom stereocenters. The fraction of sp³-hybridized carbons (Fsp3) is 0.0370. The molecule has 0 heterocycles. The van der Waals surface area contributed by atoms with Gasteiger partial charge in [-0.25, -0.2) is 0 Å². The molecule has 0 aliphatic heterocycles. The molecule has 0 unspecified atom stereocenters. The molecule has 0 saturated carbocycles. The summed E-state index contributed by atoms with van der Waals surface area (Å²) in [6.07, 6.45) is 1.57. The van der Waals surface area contributed by atoms with Crippen molar-refractivity contribution in [1.29, 1.82) is 5.26 Å². The summed E-state index contributed by atoms with van der Waals surface area (Å²) in [4.78, 5) is 12.5. The van der Waals surface area contributed by atoms with E-state index in [1.54, 1.807) is 18.2 Å².